The van der Waals surface area contributed by atoms with Gasteiger partial charge < -0.3 is 0 Å². The van der Waals surface area contributed by atoms with Crippen molar-refractivity contribution in [2.75, 3.05) is 12.0 Å². The summed E-state index contributed by atoms with van der Waals surface area (Å²) in [5.41, 5.74) is 6.50. The van der Waals surface area contributed by atoms with Gasteiger partial charge >= 0.3 is 0 Å². The van der Waals surface area contributed by atoms with Crippen molar-refractivity contribution in [1.29, 1.82) is 0 Å². The molecule has 0 unspecified atom stereocenters. The van der Waals surface area contributed by atoms with Crippen LogP contribution in [0.15, 0.2) is 11.6 Å². The molecule has 1 aromatic rings. The minimum atomic E-state index is 0.0332. The highest BCUT2D eigenvalue weighted by molar-refractivity contribution is 7.13. The van der Waals surface area contributed by atoms with Gasteiger partial charge in [0, 0.05) is 18.1 Å². The van der Waals surface area contributed by atoms with Crippen LogP contribution in [0.2, 0.25) is 0 Å². The van der Waals surface area contributed by atoms with E-state index in [0.29, 0.717) is 0 Å². The van der Waals surface area contributed by atoms with Crippen LogP contribution in [0.25, 0.3) is 0 Å². The van der Waals surface area contributed by atoms with E-state index >= 15 is 0 Å². The van der Waals surface area contributed by atoms with E-state index in [4.69, 9.17) is 4.84 Å². The van der Waals surface area contributed by atoms with Crippen LogP contribution in [0, 0.1) is 11.8 Å². The van der Waals surface area contributed by atoms with Crippen molar-refractivity contribution in [3.63, 3.8) is 0 Å². The first-order valence-corrected chi connectivity index (χ1v) is 7.61. The van der Waals surface area contributed by atoms with E-state index in [9.17, 15) is 0 Å². The predicted molar refractivity (Wildman–Crippen MR) is 69.5 cm³/mol. The molecule has 0 aromatic carbocycles. The Kier molecular flexibility index (Phi) is 2.58. The number of hydrogen-bond donors (Lipinski definition) is 2. The van der Waals surface area contributed by atoms with Crippen molar-refractivity contribution in [3.8, 4) is 0 Å². The molecular weight excluding hydrogens is 248 g/mol. The number of fused-ring (bicyclic) bond motifs is 2. The summed E-state index contributed by atoms with van der Waals surface area (Å²) in [5, 5.41) is 4.48. The molecule has 0 amide bonds. The van der Waals surface area contributed by atoms with Crippen LogP contribution < -0.4 is 10.9 Å². The van der Waals surface area contributed by atoms with Gasteiger partial charge in [-0.3, -0.25) is 10.3 Å². The number of aromatic nitrogens is 1. The second-order valence-corrected chi connectivity index (χ2v) is 6.55. The molecule has 1 saturated heterocycles. The van der Waals surface area contributed by atoms with Crippen LogP contribution in [-0.2, 0) is 4.84 Å². The average molecular weight is 266 g/mol. The Hall–Kier alpha value is -0.690. The Morgan fingerprint density at radius 2 is 2.33 bits per heavy atom. The number of anilines is 1. The minimum absolute atomic E-state index is 0.0332. The summed E-state index contributed by atoms with van der Waals surface area (Å²) in [6, 6.07) is 0. The van der Waals surface area contributed by atoms with Crippen LogP contribution in [-0.4, -0.2) is 22.4 Å². The van der Waals surface area contributed by atoms with Gasteiger partial charge in [0.15, 0.2) is 5.13 Å². The summed E-state index contributed by atoms with van der Waals surface area (Å²) in [5.74, 6) is 1.59. The largest absolute Gasteiger partial charge is 0.257 e. The van der Waals surface area contributed by atoms with Gasteiger partial charge in [0.2, 0.25) is 0 Å². The Bertz CT molecular complexity index is 418. The molecule has 5 rings (SSSR count). The van der Waals surface area contributed by atoms with Crippen molar-refractivity contribution >= 4 is 16.5 Å². The maximum atomic E-state index is 6.17. The van der Waals surface area contributed by atoms with Crippen molar-refractivity contribution in [2.45, 2.75) is 37.7 Å². The fraction of sp³-hybridized carbons (Fsp3) is 0.750. The van der Waals surface area contributed by atoms with Gasteiger partial charge in [0.25, 0.3) is 0 Å². The zero-order valence-electron chi connectivity index (χ0n) is 10.3. The monoisotopic (exact) mass is 266 g/mol. The zero-order chi connectivity index (χ0) is 12.0. The molecule has 3 saturated carbocycles. The first-order valence-electron chi connectivity index (χ1n) is 6.73. The number of nitrogens with zero attached hydrogens (tertiary/aromatic N) is 2. The molecule has 4 fully saturated rings. The predicted octanol–water partition coefficient (Wildman–Crippen LogP) is 2.17. The molecule has 1 atom stereocenters. The topological polar surface area (TPSA) is 49.4 Å². The van der Waals surface area contributed by atoms with E-state index in [1.807, 2.05) is 5.38 Å². The fourth-order valence-electron chi connectivity index (χ4n) is 3.76. The maximum Gasteiger partial charge on any atom is 0.200 e. The molecule has 2 heterocycles. The summed E-state index contributed by atoms with van der Waals surface area (Å²) in [7, 11) is 0. The first kappa shape index (κ1) is 11.2. The minimum Gasteiger partial charge on any atom is -0.257 e. The first-order chi connectivity index (χ1) is 8.84. The van der Waals surface area contributed by atoms with Crippen LogP contribution >= 0.6 is 11.3 Å². The van der Waals surface area contributed by atoms with Gasteiger partial charge in [0.05, 0.1) is 0 Å². The molecule has 3 aliphatic carbocycles. The Balaban J connectivity index is 1.46. The highest BCUT2D eigenvalue weighted by atomic mass is 32.1. The molecule has 1 spiro atoms. The molecule has 1 aliphatic heterocycles. The van der Waals surface area contributed by atoms with E-state index in [0.717, 1.165) is 23.5 Å². The number of hydrazine groups is 2. The second kappa shape index (κ2) is 4.16. The zero-order valence-corrected chi connectivity index (χ0v) is 11.1. The standard InChI is InChI=1S/C12H18N4OS/c1-3-10-4-2-9(1)7-12(10)8-14-16(17-12)15-11-13-5-6-18-11/h5-6,9-10,14H,1-4,7-8H2,(H,13,15)/t9?,10?,12-/m1/s1. The van der Waals surface area contributed by atoms with Crippen LogP contribution in [0.5, 0.6) is 0 Å². The van der Waals surface area contributed by atoms with Crippen molar-refractivity contribution in [2.24, 2.45) is 11.8 Å². The van der Waals surface area contributed by atoms with Gasteiger partial charge in [-0.2, -0.15) is 0 Å². The highest BCUT2D eigenvalue weighted by Gasteiger charge is 2.52. The summed E-state index contributed by atoms with van der Waals surface area (Å²) in [6.07, 6.45) is 8.46. The highest BCUT2D eigenvalue weighted by Crippen LogP contribution is 2.50. The summed E-state index contributed by atoms with van der Waals surface area (Å²) in [4.78, 5) is 10.4. The quantitative estimate of drug-likeness (QED) is 0.859. The van der Waals surface area contributed by atoms with Gasteiger partial charge in [-0.15, -0.1) is 11.3 Å². The van der Waals surface area contributed by atoms with Gasteiger partial charge in [0.1, 0.15) is 5.60 Å². The van der Waals surface area contributed by atoms with Crippen LogP contribution in [0.4, 0.5) is 5.13 Å². The normalized spacial score (nSPS) is 39.6. The fourth-order valence-corrected chi connectivity index (χ4v) is 4.26. The molecule has 0 radical (unpaired) electrons. The van der Waals surface area contributed by atoms with E-state index in [2.05, 4.69) is 15.8 Å². The molecule has 2 bridgehead atoms. The molecule has 1 aromatic heterocycles. The lowest BCUT2D eigenvalue weighted by atomic mass is 9.62. The third-order valence-corrected chi connectivity index (χ3v) is 5.33. The lowest BCUT2D eigenvalue weighted by molar-refractivity contribution is -0.235. The summed E-state index contributed by atoms with van der Waals surface area (Å²) < 4.78 is 0. The van der Waals surface area contributed by atoms with E-state index in [-0.39, 0.29) is 5.60 Å². The number of hydrogen-bond acceptors (Lipinski definition) is 6. The Morgan fingerprint density at radius 1 is 1.44 bits per heavy atom. The molecule has 18 heavy (non-hydrogen) atoms. The van der Waals surface area contributed by atoms with E-state index in [1.54, 1.807) is 22.8 Å². The van der Waals surface area contributed by atoms with Gasteiger partial charge in [-0.05, 0) is 49.2 Å². The summed E-state index contributed by atoms with van der Waals surface area (Å²) >= 11 is 1.58. The maximum absolute atomic E-state index is 6.17. The van der Waals surface area contributed by atoms with Crippen LogP contribution in [0.3, 0.4) is 0 Å². The second-order valence-electron chi connectivity index (χ2n) is 5.66. The third kappa shape index (κ3) is 1.75. The van der Waals surface area contributed by atoms with Gasteiger partial charge in [-0.25, -0.2) is 10.4 Å². The van der Waals surface area contributed by atoms with E-state index < -0.39 is 0 Å². The average Bonchev–Trinajstić information content (AvgIpc) is 3.02. The molecule has 98 valence electrons. The molecule has 4 aliphatic rings. The van der Waals surface area contributed by atoms with Crippen molar-refractivity contribution in [3.05, 3.63) is 11.6 Å². The Morgan fingerprint density at radius 3 is 3.00 bits per heavy atom. The molecule has 2 N–H and O–H groups in total. The van der Waals surface area contributed by atoms with E-state index in [1.165, 1.54) is 32.1 Å². The van der Waals surface area contributed by atoms with Crippen molar-refractivity contribution < 1.29 is 4.84 Å². The lowest BCUT2D eigenvalue weighted by Gasteiger charge is -2.47. The Labute approximate surface area is 110 Å². The molecule has 6 heteroatoms. The number of nitrogens with one attached hydrogen (secondary N) is 2. The SMILES string of the molecule is c1csc(NN2NC[C@@]3(CC4CCC3CC4)O2)n1. The van der Waals surface area contributed by atoms with Gasteiger partial charge in [-0.1, -0.05) is 0 Å². The smallest absolute Gasteiger partial charge is 0.200 e. The van der Waals surface area contributed by atoms with Crippen LogP contribution in [0.1, 0.15) is 32.1 Å². The number of thiazole rings is 1. The van der Waals surface area contributed by atoms with Crippen molar-refractivity contribution in [1.82, 2.24) is 15.7 Å². The number of rotatable bonds is 2. The lowest BCUT2D eigenvalue weighted by Crippen LogP contribution is -2.50. The summed E-state index contributed by atoms with van der Waals surface area (Å²) in [6.45, 7) is 0.923. The molecule has 5 nitrogen and oxygen atoms in total. The third-order valence-electron chi connectivity index (χ3n) is 4.65. The molecular formula is C12H18N4OS.